The van der Waals surface area contributed by atoms with E-state index < -0.39 is 10.0 Å². The molecule has 0 aliphatic heterocycles. The third-order valence-corrected chi connectivity index (χ3v) is 4.24. The van der Waals surface area contributed by atoms with Crippen LogP contribution in [0.1, 0.15) is 17.0 Å². The number of H-pyrrole nitrogens is 1. The number of pyridine rings is 1. The van der Waals surface area contributed by atoms with E-state index in [2.05, 4.69) is 19.9 Å². The van der Waals surface area contributed by atoms with Crippen LogP contribution in [-0.2, 0) is 23.1 Å². The maximum Gasteiger partial charge on any atom is 0.244 e. The predicted molar refractivity (Wildman–Crippen MR) is 69.5 cm³/mol. The Morgan fingerprint density at radius 1 is 1.37 bits per heavy atom. The van der Waals surface area contributed by atoms with Crippen molar-refractivity contribution in [3.05, 3.63) is 41.5 Å². The van der Waals surface area contributed by atoms with Gasteiger partial charge in [0.15, 0.2) is 0 Å². The normalized spacial score (nSPS) is 11.7. The van der Waals surface area contributed by atoms with Gasteiger partial charge in [-0.1, -0.05) is 0 Å². The van der Waals surface area contributed by atoms with Crippen LogP contribution in [0.25, 0.3) is 0 Å². The Labute approximate surface area is 111 Å². The molecule has 0 aliphatic carbocycles. The van der Waals surface area contributed by atoms with Crippen molar-refractivity contribution in [2.24, 2.45) is 5.73 Å². The largest absolute Gasteiger partial charge is 0.325 e. The highest BCUT2D eigenvalue weighted by molar-refractivity contribution is 7.89. The molecule has 0 aliphatic rings. The maximum absolute atomic E-state index is 12.2. The van der Waals surface area contributed by atoms with Gasteiger partial charge in [0, 0.05) is 25.5 Å². The zero-order valence-electron chi connectivity index (χ0n) is 10.4. The summed E-state index contributed by atoms with van der Waals surface area (Å²) in [6, 6.07) is 3.49. The highest BCUT2D eigenvalue weighted by atomic mass is 32.2. The molecule has 4 N–H and O–H groups in total. The Morgan fingerprint density at radius 2 is 2.05 bits per heavy atom. The maximum atomic E-state index is 12.2. The van der Waals surface area contributed by atoms with Crippen molar-refractivity contribution in [1.29, 1.82) is 0 Å². The van der Waals surface area contributed by atoms with E-state index in [9.17, 15) is 8.42 Å². The van der Waals surface area contributed by atoms with Gasteiger partial charge in [-0.2, -0.15) is 5.10 Å². The second-order valence-electron chi connectivity index (χ2n) is 4.01. The molecule has 8 heteroatoms. The SMILES string of the molecule is Cc1[nH]nc(CN)c1S(=O)(=O)NCc1ccncc1. The van der Waals surface area contributed by atoms with Gasteiger partial charge in [-0.25, -0.2) is 13.1 Å². The van der Waals surface area contributed by atoms with Crippen LogP contribution < -0.4 is 10.5 Å². The molecule has 0 saturated heterocycles. The summed E-state index contributed by atoms with van der Waals surface area (Å²) < 4.78 is 27.0. The van der Waals surface area contributed by atoms with Gasteiger partial charge in [-0.15, -0.1) is 0 Å². The van der Waals surface area contributed by atoms with Gasteiger partial charge in [0.05, 0.1) is 11.4 Å². The molecule has 0 amide bonds. The second kappa shape index (κ2) is 5.47. The molecule has 2 aromatic rings. The summed E-state index contributed by atoms with van der Waals surface area (Å²) in [7, 11) is -3.63. The molecular weight excluding hydrogens is 266 g/mol. The third kappa shape index (κ3) is 2.98. The van der Waals surface area contributed by atoms with Gasteiger partial charge in [-0.3, -0.25) is 10.1 Å². The van der Waals surface area contributed by atoms with E-state index in [1.807, 2.05) is 0 Å². The number of nitrogens with two attached hydrogens (primary N) is 1. The topological polar surface area (TPSA) is 114 Å². The number of hydrogen-bond acceptors (Lipinski definition) is 5. The predicted octanol–water partition coefficient (Wildman–Crippen LogP) is 0.0503. The van der Waals surface area contributed by atoms with Crippen molar-refractivity contribution in [1.82, 2.24) is 19.9 Å². The van der Waals surface area contributed by atoms with Crippen molar-refractivity contribution in [3.8, 4) is 0 Å². The minimum atomic E-state index is -3.63. The summed E-state index contributed by atoms with van der Waals surface area (Å²) in [4.78, 5) is 4.00. The highest BCUT2D eigenvalue weighted by Crippen LogP contribution is 2.17. The third-order valence-electron chi connectivity index (χ3n) is 2.64. The lowest BCUT2D eigenvalue weighted by Gasteiger charge is -2.07. The molecule has 2 aromatic heterocycles. The fraction of sp³-hybridized carbons (Fsp3) is 0.273. The average Bonchev–Trinajstić information content (AvgIpc) is 2.80. The fourth-order valence-corrected chi connectivity index (χ4v) is 3.10. The highest BCUT2D eigenvalue weighted by Gasteiger charge is 2.23. The molecule has 0 fully saturated rings. The summed E-state index contributed by atoms with van der Waals surface area (Å²) in [6.07, 6.45) is 3.22. The van der Waals surface area contributed by atoms with Gasteiger partial charge in [-0.05, 0) is 24.6 Å². The number of nitrogens with one attached hydrogen (secondary N) is 2. The molecular formula is C11H15N5O2S. The van der Waals surface area contributed by atoms with Crippen LogP contribution in [0.4, 0.5) is 0 Å². The lowest BCUT2D eigenvalue weighted by molar-refractivity contribution is 0.579. The van der Waals surface area contributed by atoms with Crippen LogP contribution in [0.2, 0.25) is 0 Å². The Kier molecular flexibility index (Phi) is 3.93. The van der Waals surface area contributed by atoms with Crippen LogP contribution in [0, 0.1) is 6.92 Å². The standard InChI is InChI=1S/C11H15N5O2S/c1-8-11(10(6-12)16-15-8)19(17,18)14-7-9-2-4-13-5-3-9/h2-5,14H,6-7,12H2,1H3,(H,15,16). The van der Waals surface area contributed by atoms with Gasteiger partial charge in [0.25, 0.3) is 0 Å². The van der Waals surface area contributed by atoms with Crippen molar-refractivity contribution in [2.45, 2.75) is 24.9 Å². The van der Waals surface area contributed by atoms with E-state index in [0.29, 0.717) is 11.4 Å². The molecule has 0 saturated carbocycles. The molecule has 0 radical (unpaired) electrons. The number of nitrogens with zero attached hydrogens (tertiary/aromatic N) is 2. The zero-order valence-corrected chi connectivity index (χ0v) is 11.2. The van der Waals surface area contributed by atoms with E-state index in [1.54, 1.807) is 31.5 Å². The average molecular weight is 281 g/mol. The lowest BCUT2D eigenvalue weighted by Crippen LogP contribution is -2.25. The molecule has 0 aromatic carbocycles. The Bertz CT molecular complexity index is 651. The molecule has 19 heavy (non-hydrogen) atoms. The molecule has 7 nitrogen and oxygen atoms in total. The first-order valence-electron chi connectivity index (χ1n) is 5.67. The number of rotatable bonds is 5. The van der Waals surface area contributed by atoms with Crippen LogP contribution in [0.5, 0.6) is 0 Å². The van der Waals surface area contributed by atoms with E-state index in [-0.39, 0.29) is 18.0 Å². The Hall–Kier alpha value is -1.77. The molecule has 2 rings (SSSR count). The monoisotopic (exact) mass is 281 g/mol. The van der Waals surface area contributed by atoms with Gasteiger partial charge >= 0.3 is 0 Å². The van der Waals surface area contributed by atoms with Crippen LogP contribution >= 0.6 is 0 Å². The van der Waals surface area contributed by atoms with Crippen molar-refractivity contribution in [3.63, 3.8) is 0 Å². The molecule has 0 atom stereocenters. The zero-order chi connectivity index (χ0) is 13.9. The molecule has 2 heterocycles. The summed E-state index contributed by atoms with van der Waals surface area (Å²) in [5, 5.41) is 6.51. The summed E-state index contributed by atoms with van der Waals surface area (Å²) >= 11 is 0. The van der Waals surface area contributed by atoms with Crippen molar-refractivity contribution < 1.29 is 8.42 Å². The number of aryl methyl sites for hydroxylation is 1. The first-order valence-corrected chi connectivity index (χ1v) is 7.15. The van der Waals surface area contributed by atoms with E-state index in [0.717, 1.165) is 5.56 Å². The summed E-state index contributed by atoms with van der Waals surface area (Å²) in [6.45, 7) is 1.91. The fourth-order valence-electron chi connectivity index (χ4n) is 1.72. The van der Waals surface area contributed by atoms with Crippen LogP contribution in [0.15, 0.2) is 29.4 Å². The molecule has 0 spiro atoms. The molecule has 0 bridgehead atoms. The second-order valence-corrected chi connectivity index (χ2v) is 5.71. The Morgan fingerprint density at radius 3 is 2.68 bits per heavy atom. The van der Waals surface area contributed by atoms with Crippen molar-refractivity contribution >= 4 is 10.0 Å². The molecule has 102 valence electrons. The van der Waals surface area contributed by atoms with Crippen LogP contribution in [-0.4, -0.2) is 23.6 Å². The van der Waals surface area contributed by atoms with Gasteiger partial charge < -0.3 is 5.73 Å². The quantitative estimate of drug-likeness (QED) is 0.716. The summed E-state index contributed by atoms with van der Waals surface area (Å²) in [5.41, 5.74) is 7.12. The van der Waals surface area contributed by atoms with E-state index in [1.165, 1.54) is 0 Å². The van der Waals surface area contributed by atoms with E-state index >= 15 is 0 Å². The first-order chi connectivity index (χ1) is 9.04. The lowest BCUT2D eigenvalue weighted by atomic mass is 10.3. The number of sulfonamides is 1. The first kappa shape index (κ1) is 13.7. The number of aromatic amines is 1. The molecule has 0 unspecified atom stereocenters. The van der Waals surface area contributed by atoms with E-state index in [4.69, 9.17) is 5.73 Å². The van der Waals surface area contributed by atoms with Crippen molar-refractivity contribution in [2.75, 3.05) is 0 Å². The van der Waals surface area contributed by atoms with Gasteiger partial charge in [0.2, 0.25) is 10.0 Å². The minimum absolute atomic E-state index is 0.0653. The number of aromatic nitrogens is 3. The minimum Gasteiger partial charge on any atom is -0.325 e. The van der Waals surface area contributed by atoms with Gasteiger partial charge in [0.1, 0.15) is 4.90 Å². The Balaban J connectivity index is 2.21. The number of hydrogen-bond donors (Lipinski definition) is 3. The smallest absolute Gasteiger partial charge is 0.244 e. The van der Waals surface area contributed by atoms with Crippen LogP contribution in [0.3, 0.4) is 0 Å². The summed E-state index contributed by atoms with van der Waals surface area (Å²) in [5.74, 6) is 0.